The third-order valence-electron chi connectivity index (χ3n) is 3.56. The third kappa shape index (κ3) is 7.06. The molecule has 0 saturated heterocycles. The minimum Gasteiger partial charge on any atom is -0.343 e. The monoisotopic (exact) mass is 340 g/mol. The van der Waals surface area contributed by atoms with E-state index in [1.807, 2.05) is 18.7 Å². The van der Waals surface area contributed by atoms with Gasteiger partial charge >= 0.3 is 0 Å². The van der Waals surface area contributed by atoms with E-state index < -0.39 is 6.43 Å². The van der Waals surface area contributed by atoms with Crippen LogP contribution in [0.3, 0.4) is 0 Å². The highest BCUT2D eigenvalue weighted by molar-refractivity contribution is 5.91. The fourth-order valence-electron chi connectivity index (χ4n) is 2.43. The molecule has 2 amide bonds. The predicted octanol–water partition coefficient (Wildman–Crippen LogP) is 4.38. The molecule has 0 atom stereocenters. The largest absolute Gasteiger partial charge is 0.343 e. The van der Waals surface area contributed by atoms with Crippen LogP contribution in [-0.2, 0) is 9.59 Å². The Balaban J connectivity index is 2.40. The standard InChI is InChI=1S/C18H26F2N2O2/c1-3-11-22(12-4-2)17(24)10-6-9-16(23)21-15-8-5-7-14(13-15)18(19)20/h5,7-8,13,18H,3-4,6,9-12H2,1-2H3,(H,21,23). The molecule has 1 aromatic rings. The lowest BCUT2D eigenvalue weighted by molar-refractivity contribution is -0.131. The SMILES string of the molecule is CCCN(CCC)C(=O)CCCC(=O)Nc1cccc(C(F)F)c1. The fourth-order valence-corrected chi connectivity index (χ4v) is 2.43. The maximum absolute atomic E-state index is 12.6. The maximum Gasteiger partial charge on any atom is 0.263 e. The van der Waals surface area contributed by atoms with E-state index in [9.17, 15) is 18.4 Å². The van der Waals surface area contributed by atoms with E-state index in [1.165, 1.54) is 18.2 Å². The molecule has 0 spiro atoms. The van der Waals surface area contributed by atoms with Crippen LogP contribution < -0.4 is 5.32 Å². The van der Waals surface area contributed by atoms with Gasteiger partial charge in [0.15, 0.2) is 0 Å². The molecule has 0 heterocycles. The van der Waals surface area contributed by atoms with Gasteiger partial charge in [0.1, 0.15) is 0 Å². The molecule has 24 heavy (non-hydrogen) atoms. The molecule has 0 bridgehead atoms. The molecule has 0 saturated carbocycles. The van der Waals surface area contributed by atoms with Gasteiger partial charge in [0.25, 0.3) is 6.43 Å². The number of amides is 2. The van der Waals surface area contributed by atoms with Crippen LogP contribution in [0.5, 0.6) is 0 Å². The van der Waals surface area contributed by atoms with Crippen LogP contribution in [0, 0.1) is 0 Å². The first-order valence-corrected chi connectivity index (χ1v) is 8.43. The van der Waals surface area contributed by atoms with Gasteiger partial charge in [-0.25, -0.2) is 8.78 Å². The lowest BCUT2D eigenvalue weighted by Crippen LogP contribution is -2.32. The number of halogens is 2. The number of carbonyl (C=O) groups excluding carboxylic acids is 2. The minimum atomic E-state index is -2.57. The summed E-state index contributed by atoms with van der Waals surface area (Å²) in [7, 11) is 0. The first-order valence-electron chi connectivity index (χ1n) is 8.43. The lowest BCUT2D eigenvalue weighted by atomic mass is 10.2. The number of rotatable bonds is 10. The van der Waals surface area contributed by atoms with Crippen LogP contribution in [0.2, 0.25) is 0 Å². The van der Waals surface area contributed by atoms with Crippen molar-refractivity contribution in [3.05, 3.63) is 29.8 Å². The van der Waals surface area contributed by atoms with E-state index in [-0.39, 0.29) is 23.8 Å². The molecule has 6 heteroatoms. The van der Waals surface area contributed by atoms with Crippen LogP contribution in [0.1, 0.15) is 57.9 Å². The number of hydrogen-bond donors (Lipinski definition) is 1. The predicted molar refractivity (Wildman–Crippen MR) is 91.0 cm³/mol. The van der Waals surface area contributed by atoms with Gasteiger partial charge in [0.2, 0.25) is 11.8 Å². The number of nitrogens with zero attached hydrogens (tertiary/aromatic N) is 1. The van der Waals surface area contributed by atoms with Gasteiger partial charge in [-0.15, -0.1) is 0 Å². The van der Waals surface area contributed by atoms with Gasteiger partial charge in [-0.05, 0) is 31.4 Å². The Bertz CT molecular complexity index is 530. The minimum absolute atomic E-state index is 0.0613. The van der Waals surface area contributed by atoms with Gasteiger partial charge in [-0.1, -0.05) is 26.0 Å². The zero-order valence-electron chi connectivity index (χ0n) is 14.4. The van der Waals surface area contributed by atoms with Gasteiger partial charge in [0, 0.05) is 37.2 Å². The number of nitrogens with one attached hydrogen (secondary N) is 1. The molecule has 0 aliphatic rings. The fraction of sp³-hybridized carbons (Fsp3) is 0.556. The smallest absolute Gasteiger partial charge is 0.263 e. The summed E-state index contributed by atoms with van der Waals surface area (Å²) >= 11 is 0. The summed E-state index contributed by atoms with van der Waals surface area (Å²) in [4.78, 5) is 25.8. The van der Waals surface area contributed by atoms with Crippen LogP contribution >= 0.6 is 0 Å². The summed E-state index contributed by atoms with van der Waals surface area (Å²) in [6.45, 7) is 5.52. The summed E-state index contributed by atoms with van der Waals surface area (Å²) in [5, 5.41) is 2.59. The topological polar surface area (TPSA) is 49.4 Å². The molecule has 0 radical (unpaired) electrons. The Labute approximate surface area is 142 Å². The van der Waals surface area contributed by atoms with Crippen molar-refractivity contribution in [2.45, 2.75) is 52.4 Å². The lowest BCUT2D eigenvalue weighted by Gasteiger charge is -2.21. The Morgan fingerprint density at radius 1 is 1.12 bits per heavy atom. The number of anilines is 1. The molecule has 1 N–H and O–H groups in total. The van der Waals surface area contributed by atoms with Crippen LogP contribution in [0.15, 0.2) is 24.3 Å². The van der Waals surface area contributed by atoms with Gasteiger partial charge < -0.3 is 10.2 Å². The zero-order valence-corrected chi connectivity index (χ0v) is 14.4. The summed E-state index contributed by atoms with van der Waals surface area (Å²) in [6.07, 6.45) is 0.214. The van der Waals surface area contributed by atoms with E-state index in [2.05, 4.69) is 5.32 Å². The number of alkyl halides is 2. The second kappa shape index (κ2) is 10.7. The van der Waals surface area contributed by atoms with Crippen molar-refractivity contribution >= 4 is 17.5 Å². The molecule has 0 aliphatic carbocycles. The number of hydrogen-bond acceptors (Lipinski definition) is 2. The average molecular weight is 340 g/mol. The molecule has 0 aromatic heterocycles. The molecule has 4 nitrogen and oxygen atoms in total. The van der Waals surface area contributed by atoms with E-state index in [0.29, 0.717) is 18.5 Å². The van der Waals surface area contributed by atoms with Gasteiger partial charge in [0.05, 0.1) is 0 Å². The zero-order chi connectivity index (χ0) is 17.9. The average Bonchev–Trinajstić information content (AvgIpc) is 2.54. The van der Waals surface area contributed by atoms with Crippen molar-refractivity contribution in [2.75, 3.05) is 18.4 Å². The van der Waals surface area contributed by atoms with E-state index in [0.717, 1.165) is 25.9 Å². The van der Waals surface area contributed by atoms with Crippen molar-refractivity contribution in [3.8, 4) is 0 Å². The van der Waals surface area contributed by atoms with Crippen LogP contribution in [0.25, 0.3) is 0 Å². The highest BCUT2D eigenvalue weighted by atomic mass is 19.3. The van der Waals surface area contributed by atoms with Crippen molar-refractivity contribution in [3.63, 3.8) is 0 Å². The van der Waals surface area contributed by atoms with Crippen molar-refractivity contribution in [2.24, 2.45) is 0 Å². The normalized spacial score (nSPS) is 10.7. The Morgan fingerprint density at radius 3 is 2.38 bits per heavy atom. The van der Waals surface area contributed by atoms with Crippen LogP contribution in [0.4, 0.5) is 14.5 Å². The number of carbonyl (C=O) groups is 2. The molecule has 0 fully saturated rings. The Morgan fingerprint density at radius 2 is 1.79 bits per heavy atom. The van der Waals surface area contributed by atoms with E-state index >= 15 is 0 Å². The maximum atomic E-state index is 12.6. The molecule has 134 valence electrons. The molecule has 0 aliphatic heterocycles. The first-order chi connectivity index (χ1) is 11.5. The van der Waals surface area contributed by atoms with Gasteiger partial charge in [-0.2, -0.15) is 0 Å². The summed E-state index contributed by atoms with van der Waals surface area (Å²) in [5.41, 5.74) is 0.223. The van der Waals surface area contributed by atoms with Crippen LogP contribution in [-0.4, -0.2) is 29.8 Å². The van der Waals surface area contributed by atoms with E-state index in [4.69, 9.17) is 0 Å². The molecular formula is C18H26F2N2O2. The summed E-state index contributed by atoms with van der Waals surface area (Å²) < 4.78 is 25.2. The van der Waals surface area contributed by atoms with Crippen molar-refractivity contribution in [1.82, 2.24) is 4.90 Å². The third-order valence-corrected chi connectivity index (χ3v) is 3.56. The Hall–Kier alpha value is -1.98. The summed E-state index contributed by atoms with van der Waals surface area (Å²) in [5.74, 6) is -0.210. The second-order valence-corrected chi connectivity index (χ2v) is 5.71. The first kappa shape index (κ1) is 20.1. The van der Waals surface area contributed by atoms with E-state index in [1.54, 1.807) is 6.07 Å². The highest BCUT2D eigenvalue weighted by Crippen LogP contribution is 2.21. The quantitative estimate of drug-likeness (QED) is 0.687. The number of benzene rings is 1. The Kier molecular flexibility index (Phi) is 8.97. The molecule has 1 rings (SSSR count). The highest BCUT2D eigenvalue weighted by Gasteiger charge is 2.13. The molecule has 1 aromatic carbocycles. The molecule has 0 unspecified atom stereocenters. The summed E-state index contributed by atoms with van der Waals surface area (Å²) in [6, 6.07) is 5.63. The second-order valence-electron chi connectivity index (χ2n) is 5.71. The van der Waals surface area contributed by atoms with Crippen molar-refractivity contribution in [1.29, 1.82) is 0 Å². The molecular weight excluding hydrogens is 314 g/mol. The van der Waals surface area contributed by atoms with Crippen molar-refractivity contribution < 1.29 is 18.4 Å². The van der Waals surface area contributed by atoms with Gasteiger partial charge in [-0.3, -0.25) is 9.59 Å².